The summed E-state index contributed by atoms with van der Waals surface area (Å²) in [6.07, 6.45) is 6.66. The average Bonchev–Trinajstić information content (AvgIpc) is 2.90. The summed E-state index contributed by atoms with van der Waals surface area (Å²) in [6.45, 7) is 1.56. The van der Waals surface area contributed by atoms with Crippen LogP contribution in [0.1, 0.15) is 51.0 Å². The largest absolute Gasteiger partial charge is 0.341 e. The van der Waals surface area contributed by atoms with Gasteiger partial charge in [-0.25, -0.2) is 4.79 Å². The SMILES string of the molecule is CN(C(=O)CN1C(=O)N[C@](C)(CCc2ccccc2)C1=O)C1CCCCC1. The Hall–Kier alpha value is -2.37. The number of amides is 4. The Morgan fingerprint density at radius 2 is 1.85 bits per heavy atom. The summed E-state index contributed by atoms with van der Waals surface area (Å²) in [5.41, 5.74) is 0.156. The number of likely N-dealkylation sites (N-methyl/N-ethyl adjacent to an activating group) is 1. The molecule has 1 saturated heterocycles. The van der Waals surface area contributed by atoms with Crippen LogP contribution in [-0.4, -0.2) is 52.8 Å². The first-order valence-electron chi connectivity index (χ1n) is 9.84. The van der Waals surface area contributed by atoms with Gasteiger partial charge in [0.15, 0.2) is 0 Å². The van der Waals surface area contributed by atoms with Gasteiger partial charge in [0.05, 0.1) is 0 Å². The third-order valence-electron chi connectivity index (χ3n) is 5.91. The molecule has 1 aliphatic heterocycles. The Morgan fingerprint density at radius 1 is 1.19 bits per heavy atom. The fourth-order valence-electron chi connectivity index (χ4n) is 4.02. The maximum Gasteiger partial charge on any atom is 0.325 e. The molecule has 1 saturated carbocycles. The fourth-order valence-corrected chi connectivity index (χ4v) is 4.02. The lowest BCUT2D eigenvalue weighted by molar-refractivity contribution is -0.139. The van der Waals surface area contributed by atoms with Crippen molar-refractivity contribution in [1.29, 1.82) is 0 Å². The van der Waals surface area contributed by atoms with Gasteiger partial charge in [0.2, 0.25) is 5.91 Å². The Kier molecular flexibility index (Phi) is 5.82. The van der Waals surface area contributed by atoms with E-state index in [0.29, 0.717) is 12.8 Å². The van der Waals surface area contributed by atoms with Crippen LogP contribution in [0.5, 0.6) is 0 Å². The number of carbonyl (C=O) groups is 3. The summed E-state index contributed by atoms with van der Waals surface area (Å²) in [5, 5.41) is 2.79. The summed E-state index contributed by atoms with van der Waals surface area (Å²) in [4.78, 5) is 40.7. The van der Waals surface area contributed by atoms with E-state index >= 15 is 0 Å². The van der Waals surface area contributed by atoms with E-state index in [9.17, 15) is 14.4 Å². The topological polar surface area (TPSA) is 69.7 Å². The van der Waals surface area contributed by atoms with Crippen molar-refractivity contribution in [2.45, 2.75) is 63.5 Å². The minimum absolute atomic E-state index is 0.169. The second-order valence-electron chi connectivity index (χ2n) is 7.94. The maximum absolute atomic E-state index is 12.9. The van der Waals surface area contributed by atoms with Crippen molar-refractivity contribution in [3.63, 3.8) is 0 Å². The summed E-state index contributed by atoms with van der Waals surface area (Å²) in [7, 11) is 1.78. The van der Waals surface area contributed by atoms with Gasteiger partial charge in [-0.3, -0.25) is 14.5 Å². The number of rotatable bonds is 6. The van der Waals surface area contributed by atoms with Crippen LogP contribution in [0.4, 0.5) is 4.79 Å². The third kappa shape index (κ3) is 4.31. The van der Waals surface area contributed by atoms with Crippen LogP contribution in [0, 0.1) is 0 Å². The van der Waals surface area contributed by atoms with Gasteiger partial charge in [-0.15, -0.1) is 0 Å². The number of carbonyl (C=O) groups excluding carboxylic acids is 3. The first kappa shape index (κ1) is 19.4. The van der Waals surface area contributed by atoms with Crippen molar-refractivity contribution in [1.82, 2.24) is 15.1 Å². The molecule has 1 aromatic rings. The number of imide groups is 1. The highest BCUT2D eigenvalue weighted by atomic mass is 16.2. The van der Waals surface area contributed by atoms with Gasteiger partial charge < -0.3 is 10.2 Å². The van der Waals surface area contributed by atoms with Crippen LogP contribution in [0.2, 0.25) is 0 Å². The monoisotopic (exact) mass is 371 g/mol. The number of aryl methyl sites for hydroxylation is 1. The van der Waals surface area contributed by atoms with E-state index in [1.807, 2.05) is 30.3 Å². The van der Waals surface area contributed by atoms with Crippen molar-refractivity contribution in [2.75, 3.05) is 13.6 Å². The molecule has 3 rings (SSSR count). The van der Waals surface area contributed by atoms with Crippen LogP contribution in [0.3, 0.4) is 0 Å². The molecule has 4 amide bonds. The Balaban J connectivity index is 1.60. The molecule has 1 aliphatic carbocycles. The minimum Gasteiger partial charge on any atom is -0.341 e. The minimum atomic E-state index is -0.962. The van der Waals surface area contributed by atoms with Gasteiger partial charge in [0.25, 0.3) is 5.91 Å². The molecule has 0 unspecified atom stereocenters. The Morgan fingerprint density at radius 3 is 2.52 bits per heavy atom. The number of benzene rings is 1. The van der Waals surface area contributed by atoms with E-state index in [4.69, 9.17) is 0 Å². The molecule has 0 radical (unpaired) electrons. The van der Waals surface area contributed by atoms with Crippen molar-refractivity contribution in [3.05, 3.63) is 35.9 Å². The predicted octanol–water partition coefficient (Wildman–Crippen LogP) is 2.72. The van der Waals surface area contributed by atoms with E-state index in [1.165, 1.54) is 6.42 Å². The molecule has 2 aliphatic rings. The smallest absolute Gasteiger partial charge is 0.325 e. The first-order valence-corrected chi connectivity index (χ1v) is 9.84. The number of hydrogen-bond acceptors (Lipinski definition) is 3. The van der Waals surface area contributed by atoms with Gasteiger partial charge in [-0.2, -0.15) is 0 Å². The molecule has 0 spiro atoms. The predicted molar refractivity (Wildman–Crippen MR) is 103 cm³/mol. The van der Waals surface area contributed by atoms with Gasteiger partial charge in [0, 0.05) is 13.1 Å². The standard InChI is InChI=1S/C21H29N3O3/c1-21(14-13-16-9-5-3-6-10-16)19(26)24(20(27)22-21)15-18(25)23(2)17-11-7-4-8-12-17/h3,5-6,9-10,17H,4,7-8,11-15H2,1-2H3,(H,22,27)/t21-/m1/s1. The molecule has 2 fully saturated rings. The molecule has 0 aromatic heterocycles. The number of nitrogens with zero attached hydrogens (tertiary/aromatic N) is 2. The van der Waals surface area contributed by atoms with Crippen LogP contribution < -0.4 is 5.32 Å². The number of hydrogen-bond donors (Lipinski definition) is 1. The van der Waals surface area contributed by atoms with E-state index in [1.54, 1.807) is 18.9 Å². The van der Waals surface area contributed by atoms with Crippen LogP contribution in [-0.2, 0) is 16.0 Å². The first-order chi connectivity index (χ1) is 12.9. The van der Waals surface area contributed by atoms with Crippen LogP contribution in [0.25, 0.3) is 0 Å². The van der Waals surface area contributed by atoms with Crippen molar-refractivity contribution in [3.8, 4) is 0 Å². The molecule has 27 heavy (non-hydrogen) atoms. The Bertz CT molecular complexity index is 700. The zero-order valence-electron chi connectivity index (χ0n) is 16.2. The molecule has 1 N–H and O–H groups in total. The summed E-state index contributed by atoms with van der Waals surface area (Å²) < 4.78 is 0. The lowest BCUT2D eigenvalue weighted by atomic mass is 9.93. The van der Waals surface area contributed by atoms with Gasteiger partial charge >= 0.3 is 6.03 Å². The maximum atomic E-state index is 12.9. The molecule has 1 heterocycles. The summed E-state index contributed by atoms with van der Waals surface area (Å²) in [5.74, 6) is -0.480. The molecular formula is C21H29N3O3. The van der Waals surface area contributed by atoms with Crippen LogP contribution in [0.15, 0.2) is 30.3 Å². The lowest BCUT2D eigenvalue weighted by Gasteiger charge is -2.32. The normalized spacial score (nSPS) is 23.4. The third-order valence-corrected chi connectivity index (χ3v) is 5.91. The number of urea groups is 1. The molecule has 1 atom stereocenters. The highest BCUT2D eigenvalue weighted by Gasteiger charge is 2.48. The average molecular weight is 371 g/mol. The quantitative estimate of drug-likeness (QED) is 0.782. The van der Waals surface area contributed by atoms with E-state index < -0.39 is 11.6 Å². The van der Waals surface area contributed by atoms with Crippen molar-refractivity contribution >= 4 is 17.8 Å². The molecule has 1 aromatic carbocycles. The lowest BCUT2D eigenvalue weighted by Crippen LogP contribution is -2.47. The molecule has 6 nitrogen and oxygen atoms in total. The zero-order chi connectivity index (χ0) is 19.4. The highest BCUT2D eigenvalue weighted by Crippen LogP contribution is 2.25. The number of nitrogens with one attached hydrogen (secondary N) is 1. The Labute approximate surface area is 160 Å². The summed E-state index contributed by atoms with van der Waals surface area (Å²) in [6, 6.07) is 9.62. The van der Waals surface area contributed by atoms with Crippen LogP contribution >= 0.6 is 0 Å². The van der Waals surface area contributed by atoms with Gasteiger partial charge in [0.1, 0.15) is 12.1 Å². The second kappa shape index (κ2) is 8.11. The highest BCUT2D eigenvalue weighted by molar-refractivity contribution is 6.08. The molecule has 6 heteroatoms. The van der Waals surface area contributed by atoms with Gasteiger partial charge in [-0.05, 0) is 38.2 Å². The van der Waals surface area contributed by atoms with E-state index in [2.05, 4.69) is 5.32 Å². The van der Waals surface area contributed by atoms with Crippen molar-refractivity contribution in [2.24, 2.45) is 0 Å². The fraction of sp³-hybridized carbons (Fsp3) is 0.571. The molecule has 0 bridgehead atoms. The van der Waals surface area contributed by atoms with E-state index in [-0.39, 0.29) is 24.4 Å². The zero-order valence-corrected chi connectivity index (χ0v) is 16.2. The van der Waals surface area contributed by atoms with Gasteiger partial charge in [-0.1, -0.05) is 49.6 Å². The second-order valence-corrected chi connectivity index (χ2v) is 7.94. The summed E-state index contributed by atoms with van der Waals surface area (Å²) >= 11 is 0. The molecular weight excluding hydrogens is 342 g/mol. The van der Waals surface area contributed by atoms with E-state index in [0.717, 1.165) is 36.1 Å². The van der Waals surface area contributed by atoms with Crippen molar-refractivity contribution < 1.29 is 14.4 Å². The molecule has 146 valence electrons.